The maximum absolute atomic E-state index is 9.91. The second-order valence-corrected chi connectivity index (χ2v) is 9.03. The van der Waals surface area contributed by atoms with Gasteiger partial charge in [-0.25, -0.2) is 0 Å². The van der Waals surface area contributed by atoms with Gasteiger partial charge in [0.1, 0.15) is 6.10 Å². The lowest BCUT2D eigenvalue weighted by atomic mass is 10.0. The molecule has 0 spiro atoms. The van der Waals surface area contributed by atoms with Gasteiger partial charge in [0.15, 0.2) is 0 Å². The van der Waals surface area contributed by atoms with Gasteiger partial charge in [0.25, 0.3) is 0 Å². The summed E-state index contributed by atoms with van der Waals surface area (Å²) in [5.74, 6) is 0. The maximum atomic E-state index is 9.91. The Bertz CT molecular complexity index is 463. The minimum absolute atomic E-state index is 0.327. The molecular weight excluding hydrogens is 384 g/mol. The molecule has 0 aliphatic heterocycles. The van der Waals surface area contributed by atoms with Crippen LogP contribution in [0.2, 0.25) is 0 Å². The second kappa shape index (κ2) is 22.3. The molecule has 3 nitrogen and oxygen atoms in total. The van der Waals surface area contributed by atoms with Gasteiger partial charge in [0.05, 0.1) is 19.8 Å². The number of rotatable bonds is 23. The van der Waals surface area contributed by atoms with Crippen LogP contribution in [0.25, 0.3) is 0 Å². The number of aliphatic hydroxyl groups is 1. The number of benzene rings is 1. The van der Waals surface area contributed by atoms with E-state index in [1.807, 2.05) is 30.3 Å². The highest BCUT2D eigenvalue weighted by atomic mass is 16.5. The lowest BCUT2D eigenvalue weighted by Crippen LogP contribution is -2.22. The molecule has 180 valence electrons. The Kier molecular flexibility index (Phi) is 20.2. The molecule has 0 radical (unpaired) electrons. The molecule has 0 bridgehead atoms. The quantitative estimate of drug-likeness (QED) is 0.178. The van der Waals surface area contributed by atoms with E-state index in [0.29, 0.717) is 19.8 Å². The summed E-state index contributed by atoms with van der Waals surface area (Å²) in [6.45, 7) is 4.26. The molecule has 1 N–H and O–H groups in total. The minimum atomic E-state index is -0.537. The molecule has 0 aromatic heterocycles. The van der Waals surface area contributed by atoms with E-state index in [4.69, 9.17) is 9.47 Å². The lowest BCUT2D eigenvalue weighted by molar-refractivity contribution is -0.0239. The van der Waals surface area contributed by atoms with Crippen LogP contribution in [-0.2, 0) is 16.1 Å². The fourth-order valence-corrected chi connectivity index (χ4v) is 3.91. The second-order valence-electron chi connectivity index (χ2n) is 9.03. The van der Waals surface area contributed by atoms with Crippen molar-refractivity contribution in [3.05, 3.63) is 35.9 Å². The van der Waals surface area contributed by atoms with Gasteiger partial charge in [-0.05, 0) is 12.0 Å². The average Bonchev–Trinajstić information content (AvgIpc) is 2.79. The summed E-state index contributed by atoms with van der Waals surface area (Å²) in [6, 6.07) is 10.0. The van der Waals surface area contributed by atoms with Crippen molar-refractivity contribution in [2.24, 2.45) is 0 Å². The Balaban J connectivity index is 1.72. The van der Waals surface area contributed by atoms with Crippen molar-refractivity contribution in [1.29, 1.82) is 0 Å². The van der Waals surface area contributed by atoms with E-state index in [9.17, 15) is 5.11 Å². The first-order valence-electron chi connectivity index (χ1n) is 13.2. The number of hydrogen-bond donors (Lipinski definition) is 1. The summed E-state index contributed by atoms with van der Waals surface area (Å²) in [4.78, 5) is 0. The van der Waals surface area contributed by atoms with Crippen molar-refractivity contribution in [3.8, 4) is 0 Å². The van der Waals surface area contributed by atoms with E-state index in [2.05, 4.69) is 6.92 Å². The van der Waals surface area contributed by atoms with Crippen molar-refractivity contribution in [2.45, 2.75) is 122 Å². The van der Waals surface area contributed by atoms with Crippen molar-refractivity contribution < 1.29 is 14.6 Å². The zero-order valence-corrected chi connectivity index (χ0v) is 20.4. The van der Waals surface area contributed by atoms with Crippen molar-refractivity contribution in [1.82, 2.24) is 0 Å². The van der Waals surface area contributed by atoms with Gasteiger partial charge in [-0.2, -0.15) is 0 Å². The number of ether oxygens (including phenoxy) is 2. The molecule has 3 heteroatoms. The summed E-state index contributed by atoms with van der Waals surface area (Å²) in [6.07, 6.45) is 21.5. The predicted molar refractivity (Wildman–Crippen MR) is 132 cm³/mol. The smallest absolute Gasteiger partial charge is 0.101 e. The van der Waals surface area contributed by atoms with Gasteiger partial charge in [-0.1, -0.05) is 134 Å². The first-order valence-corrected chi connectivity index (χ1v) is 13.2. The van der Waals surface area contributed by atoms with Crippen molar-refractivity contribution in [3.63, 3.8) is 0 Å². The maximum Gasteiger partial charge on any atom is 0.101 e. The summed E-state index contributed by atoms with van der Waals surface area (Å²) in [5.41, 5.74) is 1.13. The predicted octanol–water partition coefficient (Wildman–Crippen LogP) is 7.84. The van der Waals surface area contributed by atoms with Crippen LogP contribution in [0, 0.1) is 0 Å². The van der Waals surface area contributed by atoms with Gasteiger partial charge in [0, 0.05) is 6.61 Å². The van der Waals surface area contributed by atoms with Crippen molar-refractivity contribution >= 4 is 0 Å². The van der Waals surface area contributed by atoms with E-state index < -0.39 is 6.10 Å². The van der Waals surface area contributed by atoms with E-state index in [1.165, 1.54) is 96.3 Å². The molecular formula is C28H50O3. The molecule has 0 amide bonds. The molecule has 0 fully saturated rings. The van der Waals surface area contributed by atoms with E-state index in [0.717, 1.165) is 18.6 Å². The topological polar surface area (TPSA) is 38.7 Å². The third-order valence-corrected chi connectivity index (χ3v) is 5.87. The zero-order valence-electron chi connectivity index (χ0n) is 20.4. The monoisotopic (exact) mass is 434 g/mol. The summed E-state index contributed by atoms with van der Waals surface area (Å²) in [7, 11) is 0. The van der Waals surface area contributed by atoms with Crippen LogP contribution >= 0.6 is 0 Å². The number of hydrogen-bond acceptors (Lipinski definition) is 3. The third kappa shape index (κ3) is 19.5. The van der Waals surface area contributed by atoms with E-state index in [-0.39, 0.29) is 0 Å². The molecule has 1 aromatic carbocycles. The molecule has 31 heavy (non-hydrogen) atoms. The van der Waals surface area contributed by atoms with Crippen LogP contribution in [0.15, 0.2) is 30.3 Å². The SMILES string of the molecule is CCCCCCCCCCCCCCCCCCOC[C@H](O)COCc1ccccc1. The van der Waals surface area contributed by atoms with Gasteiger partial charge in [0.2, 0.25) is 0 Å². The largest absolute Gasteiger partial charge is 0.388 e. The highest BCUT2D eigenvalue weighted by Crippen LogP contribution is 2.13. The summed E-state index contributed by atoms with van der Waals surface area (Å²) < 4.78 is 11.1. The lowest BCUT2D eigenvalue weighted by Gasteiger charge is -2.12. The molecule has 0 unspecified atom stereocenters. The standard InChI is InChI=1S/C28H50O3/c1-2-3-4-5-6-7-8-9-10-11-12-13-14-15-16-20-23-30-25-28(29)26-31-24-27-21-18-17-19-22-27/h17-19,21-22,28-29H,2-16,20,23-26H2,1H3/t28-/m0/s1. The van der Waals surface area contributed by atoms with Crippen LogP contribution < -0.4 is 0 Å². The van der Waals surface area contributed by atoms with Gasteiger partial charge in [-0.15, -0.1) is 0 Å². The average molecular weight is 435 g/mol. The molecule has 0 saturated carbocycles. The summed E-state index contributed by atoms with van der Waals surface area (Å²) in [5, 5.41) is 9.91. The first kappa shape index (κ1) is 28.1. The molecule has 0 saturated heterocycles. The van der Waals surface area contributed by atoms with Crippen molar-refractivity contribution in [2.75, 3.05) is 19.8 Å². The van der Waals surface area contributed by atoms with Crippen LogP contribution in [-0.4, -0.2) is 31.0 Å². The third-order valence-electron chi connectivity index (χ3n) is 5.87. The number of unbranched alkanes of at least 4 members (excludes halogenated alkanes) is 15. The molecule has 1 aromatic rings. The Morgan fingerprint density at radius 3 is 1.58 bits per heavy atom. The fraction of sp³-hybridized carbons (Fsp3) is 0.786. The van der Waals surface area contributed by atoms with Gasteiger partial charge < -0.3 is 14.6 Å². The Labute approximate surface area is 192 Å². The molecule has 0 aliphatic rings. The normalized spacial score (nSPS) is 12.3. The Morgan fingerprint density at radius 1 is 0.613 bits per heavy atom. The molecule has 1 atom stereocenters. The van der Waals surface area contributed by atoms with Crippen LogP contribution in [0.1, 0.15) is 115 Å². The zero-order chi connectivity index (χ0) is 22.2. The molecule has 0 heterocycles. The summed E-state index contributed by atoms with van der Waals surface area (Å²) >= 11 is 0. The first-order chi connectivity index (χ1) is 15.3. The minimum Gasteiger partial charge on any atom is -0.388 e. The van der Waals surface area contributed by atoms with Gasteiger partial charge in [-0.3, -0.25) is 0 Å². The van der Waals surface area contributed by atoms with E-state index >= 15 is 0 Å². The van der Waals surface area contributed by atoms with Gasteiger partial charge >= 0.3 is 0 Å². The van der Waals surface area contributed by atoms with E-state index in [1.54, 1.807) is 0 Å². The molecule has 1 rings (SSSR count). The fourth-order valence-electron chi connectivity index (χ4n) is 3.91. The van der Waals surface area contributed by atoms with Crippen LogP contribution in [0.5, 0.6) is 0 Å². The highest BCUT2D eigenvalue weighted by Gasteiger charge is 2.04. The molecule has 0 aliphatic carbocycles. The van der Waals surface area contributed by atoms with Crippen LogP contribution in [0.4, 0.5) is 0 Å². The van der Waals surface area contributed by atoms with Crippen LogP contribution in [0.3, 0.4) is 0 Å². The highest BCUT2D eigenvalue weighted by molar-refractivity contribution is 5.13. The Hall–Kier alpha value is -0.900. The Morgan fingerprint density at radius 2 is 1.06 bits per heavy atom. The number of aliphatic hydroxyl groups excluding tert-OH is 1.